The van der Waals surface area contributed by atoms with Crippen molar-refractivity contribution in [2.75, 3.05) is 19.7 Å². The number of carbonyl (C=O) groups excluding carboxylic acids is 2. The predicted octanol–water partition coefficient (Wildman–Crippen LogP) is 4.07. The highest BCUT2D eigenvalue weighted by molar-refractivity contribution is 5.96. The van der Waals surface area contributed by atoms with Gasteiger partial charge in [0, 0.05) is 24.7 Å². The Morgan fingerprint density at radius 2 is 1.63 bits per heavy atom. The topological polar surface area (TPSA) is 49.9 Å². The Hall–Kier alpha value is -2.66. The normalized spacial score (nSPS) is 17.5. The fourth-order valence-corrected chi connectivity index (χ4v) is 4.24. The second-order valence-electron chi connectivity index (χ2n) is 8.18. The first-order chi connectivity index (χ1) is 14.7. The minimum atomic E-state index is -0.102. The highest BCUT2D eigenvalue weighted by Gasteiger charge is 2.39. The van der Waals surface area contributed by atoms with E-state index in [0.29, 0.717) is 19.7 Å². The van der Waals surface area contributed by atoms with Crippen LogP contribution in [0, 0.1) is 5.92 Å². The molecule has 2 aliphatic rings. The minimum Gasteiger partial charge on any atom is -0.466 e. The molecule has 4 rings (SSSR count). The molecule has 2 aromatic rings. The van der Waals surface area contributed by atoms with Gasteiger partial charge in [-0.15, -0.1) is 0 Å². The molecule has 0 unspecified atom stereocenters. The quantitative estimate of drug-likeness (QED) is 0.651. The Morgan fingerprint density at radius 1 is 0.967 bits per heavy atom. The van der Waals surface area contributed by atoms with Crippen LogP contribution in [0.15, 0.2) is 54.6 Å². The molecule has 0 spiro atoms. The van der Waals surface area contributed by atoms with Gasteiger partial charge in [-0.05, 0) is 56.2 Å². The summed E-state index contributed by atoms with van der Waals surface area (Å²) in [6.07, 6.45) is 4.31. The van der Waals surface area contributed by atoms with Gasteiger partial charge in [0.05, 0.1) is 12.5 Å². The summed E-state index contributed by atoms with van der Waals surface area (Å²) in [7, 11) is 0. The van der Waals surface area contributed by atoms with E-state index in [1.807, 2.05) is 48.3 Å². The highest BCUT2D eigenvalue weighted by atomic mass is 16.5. The number of hydrazine groups is 1. The minimum absolute atomic E-state index is 0.0530. The van der Waals surface area contributed by atoms with E-state index < -0.39 is 0 Å². The van der Waals surface area contributed by atoms with Crippen molar-refractivity contribution < 1.29 is 14.3 Å². The number of rotatable bonds is 7. The summed E-state index contributed by atoms with van der Waals surface area (Å²) in [5, 5.41) is 4.14. The molecule has 0 N–H and O–H groups in total. The monoisotopic (exact) mass is 406 g/mol. The second kappa shape index (κ2) is 9.43. The zero-order valence-electron chi connectivity index (χ0n) is 17.6. The van der Waals surface area contributed by atoms with Gasteiger partial charge in [-0.2, -0.15) is 0 Å². The van der Waals surface area contributed by atoms with Gasteiger partial charge in [0.15, 0.2) is 0 Å². The third-order valence-corrected chi connectivity index (χ3v) is 5.98. The molecule has 1 aliphatic heterocycles. The number of hydrogen-bond acceptors (Lipinski definition) is 4. The molecule has 2 aromatic carbocycles. The number of piperidine rings is 1. The lowest BCUT2D eigenvalue weighted by Crippen LogP contribution is -2.52. The van der Waals surface area contributed by atoms with Crippen LogP contribution < -0.4 is 0 Å². The van der Waals surface area contributed by atoms with Crippen molar-refractivity contribution in [3.8, 4) is 0 Å². The Balaban J connectivity index is 1.50. The number of amides is 1. The highest BCUT2D eigenvalue weighted by Crippen LogP contribution is 2.33. The second-order valence-corrected chi connectivity index (χ2v) is 8.18. The van der Waals surface area contributed by atoms with Gasteiger partial charge in [-0.3, -0.25) is 14.6 Å². The maximum atomic E-state index is 13.6. The number of ether oxygens (including phenoxy) is 1. The molecule has 1 saturated heterocycles. The van der Waals surface area contributed by atoms with Crippen molar-refractivity contribution in [3.63, 3.8) is 0 Å². The van der Waals surface area contributed by atoms with Gasteiger partial charge in [0.2, 0.25) is 0 Å². The molecular weight excluding hydrogens is 376 g/mol. The molecule has 1 amide bonds. The molecule has 5 heteroatoms. The molecule has 0 radical (unpaired) electrons. The van der Waals surface area contributed by atoms with Crippen LogP contribution in [-0.2, 0) is 16.0 Å². The van der Waals surface area contributed by atoms with Gasteiger partial charge in [-0.25, -0.2) is 5.01 Å². The Kier molecular flexibility index (Phi) is 6.48. The van der Waals surface area contributed by atoms with Gasteiger partial charge >= 0.3 is 5.97 Å². The van der Waals surface area contributed by atoms with Gasteiger partial charge in [0.25, 0.3) is 5.91 Å². The molecule has 0 atom stereocenters. The fourth-order valence-electron chi connectivity index (χ4n) is 4.24. The van der Waals surface area contributed by atoms with E-state index in [-0.39, 0.29) is 23.8 Å². The average molecular weight is 407 g/mol. The van der Waals surface area contributed by atoms with Crippen molar-refractivity contribution in [2.24, 2.45) is 5.92 Å². The summed E-state index contributed by atoms with van der Waals surface area (Å²) >= 11 is 0. The molecule has 2 fully saturated rings. The first kappa shape index (κ1) is 20.6. The summed E-state index contributed by atoms with van der Waals surface area (Å²) in [5.74, 6) is -0.0732. The van der Waals surface area contributed by atoms with Crippen LogP contribution in [0.5, 0.6) is 0 Å². The van der Waals surface area contributed by atoms with Gasteiger partial charge < -0.3 is 4.74 Å². The first-order valence-electron chi connectivity index (χ1n) is 11.0. The Labute approximate surface area is 178 Å². The Morgan fingerprint density at radius 3 is 2.30 bits per heavy atom. The number of nitrogens with zero attached hydrogens (tertiary/aromatic N) is 2. The summed E-state index contributed by atoms with van der Waals surface area (Å²) in [4.78, 5) is 25.7. The van der Waals surface area contributed by atoms with E-state index in [2.05, 4.69) is 23.2 Å². The molecule has 0 aromatic heterocycles. The average Bonchev–Trinajstić information content (AvgIpc) is 3.61. The summed E-state index contributed by atoms with van der Waals surface area (Å²) in [6, 6.07) is 18.5. The first-order valence-corrected chi connectivity index (χ1v) is 11.0. The number of esters is 1. The number of carbonyl (C=O) groups is 2. The summed E-state index contributed by atoms with van der Waals surface area (Å²) < 4.78 is 5.19. The third-order valence-electron chi connectivity index (χ3n) is 5.98. The van der Waals surface area contributed by atoms with Crippen molar-refractivity contribution >= 4 is 11.9 Å². The molecule has 0 bridgehead atoms. The lowest BCUT2D eigenvalue weighted by Gasteiger charge is -2.39. The number of hydrogen-bond donors (Lipinski definition) is 0. The van der Waals surface area contributed by atoms with Crippen LogP contribution in [0.3, 0.4) is 0 Å². The molecule has 5 nitrogen and oxygen atoms in total. The maximum Gasteiger partial charge on any atom is 0.309 e. The van der Waals surface area contributed by atoms with Crippen molar-refractivity contribution in [3.05, 3.63) is 71.3 Å². The van der Waals surface area contributed by atoms with Crippen LogP contribution in [0.1, 0.15) is 54.1 Å². The van der Waals surface area contributed by atoms with Crippen molar-refractivity contribution in [2.45, 2.75) is 45.1 Å². The van der Waals surface area contributed by atoms with Crippen molar-refractivity contribution in [1.29, 1.82) is 0 Å². The zero-order chi connectivity index (χ0) is 20.9. The SMILES string of the molecule is CCOC(=O)C1CCN(N(C(=O)c2ccccc2Cc2ccccc2)C2CC2)CC1. The van der Waals surface area contributed by atoms with Crippen LogP contribution in [0.2, 0.25) is 0 Å². The molecule has 30 heavy (non-hydrogen) atoms. The Bertz CT molecular complexity index is 871. The predicted molar refractivity (Wildman–Crippen MR) is 116 cm³/mol. The van der Waals surface area contributed by atoms with E-state index in [9.17, 15) is 9.59 Å². The van der Waals surface area contributed by atoms with Crippen LogP contribution in [-0.4, -0.2) is 47.6 Å². The van der Waals surface area contributed by atoms with Crippen molar-refractivity contribution in [1.82, 2.24) is 10.0 Å². The van der Waals surface area contributed by atoms with E-state index in [4.69, 9.17) is 4.74 Å². The molecule has 1 aliphatic carbocycles. The van der Waals surface area contributed by atoms with E-state index in [1.165, 1.54) is 5.56 Å². The van der Waals surface area contributed by atoms with Crippen LogP contribution >= 0.6 is 0 Å². The lowest BCUT2D eigenvalue weighted by atomic mass is 9.97. The molecule has 1 heterocycles. The molecule has 158 valence electrons. The van der Waals surface area contributed by atoms with Crippen LogP contribution in [0.4, 0.5) is 0 Å². The smallest absolute Gasteiger partial charge is 0.309 e. The third kappa shape index (κ3) is 4.73. The largest absolute Gasteiger partial charge is 0.466 e. The zero-order valence-corrected chi connectivity index (χ0v) is 17.6. The number of benzene rings is 2. The molecular formula is C25H30N2O3. The van der Waals surface area contributed by atoms with Gasteiger partial charge in [0.1, 0.15) is 0 Å². The lowest BCUT2D eigenvalue weighted by molar-refractivity contribution is -0.151. The fraction of sp³-hybridized carbons (Fsp3) is 0.440. The van der Waals surface area contributed by atoms with E-state index in [0.717, 1.165) is 43.2 Å². The standard InChI is InChI=1S/C25H30N2O3/c1-2-30-25(29)20-14-16-26(17-15-20)27(22-12-13-22)24(28)23-11-7-6-10-21(23)18-19-8-4-3-5-9-19/h3-11,20,22H,2,12-18H2,1H3. The molecule has 1 saturated carbocycles. The summed E-state index contributed by atoms with van der Waals surface area (Å²) in [6.45, 7) is 3.69. The van der Waals surface area contributed by atoms with E-state index in [1.54, 1.807) is 0 Å². The summed E-state index contributed by atoms with van der Waals surface area (Å²) in [5.41, 5.74) is 3.03. The van der Waals surface area contributed by atoms with Gasteiger partial charge in [-0.1, -0.05) is 48.5 Å². The maximum absolute atomic E-state index is 13.6. The van der Waals surface area contributed by atoms with E-state index >= 15 is 0 Å². The van der Waals surface area contributed by atoms with Crippen LogP contribution in [0.25, 0.3) is 0 Å².